The maximum Gasteiger partial charge on any atom is 0.0542 e. The summed E-state index contributed by atoms with van der Waals surface area (Å²) in [4.78, 5) is 4.44. The number of nitrogens with one attached hydrogen (secondary N) is 1. The third-order valence-electron chi connectivity index (χ3n) is 4.21. The molecule has 1 saturated carbocycles. The molecule has 1 fully saturated rings. The van der Waals surface area contributed by atoms with Gasteiger partial charge >= 0.3 is 0 Å². The van der Waals surface area contributed by atoms with Crippen molar-refractivity contribution in [3.05, 3.63) is 28.5 Å². The maximum atomic E-state index is 4.44. The first-order valence-electron chi connectivity index (χ1n) is 7.30. The number of pyridine rings is 1. The molecule has 3 heteroatoms. The highest BCUT2D eigenvalue weighted by Crippen LogP contribution is 2.38. The number of aromatic nitrogens is 1. The molecule has 1 N–H and O–H groups in total. The van der Waals surface area contributed by atoms with Gasteiger partial charge < -0.3 is 5.32 Å². The third-order valence-corrected chi connectivity index (χ3v) is 4.68. The highest BCUT2D eigenvalue weighted by atomic mass is 79.9. The van der Waals surface area contributed by atoms with Crippen molar-refractivity contribution in [2.24, 2.45) is 11.3 Å². The van der Waals surface area contributed by atoms with Crippen LogP contribution in [0.4, 0.5) is 0 Å². The molecule has 2 unspecified atom stereocenters. The van der Waals surface area contributed by atoms with Crippen LogP contribution < -0.4 is 5.32 Å². The summed E-state index contributed by atoms with van der Waals surface area (Å²) in [6.07, 6.45) is 7.28. The van der Waals surface area contributed by atoms with Crippen molar-refractivity contribution in [2.45, 2.75) is 59.0 Å². The van der Waals surface area contributed by atoms with Crippen LogP contribution in [0.25, 0.3) is 0 Å². The van der Waals surface area contributed by atoms with Gasteiger partial charge in [-0.15, -0.1) is 0 Å². The molecule has 2 rings (SSSR count). The molecule has 1 heterocycles. The van der Waals surface area contributed by atoms with E-state index in [9.17, 15) is 0 Å². The number of nitrogens with zero attached hydrogens (tertiary/aromatic N) is 1. The zero-order valence-electron chi connectivity index (χ0n) is 12.2. The van der Waals surface area contributed by atoms with Crippen LogP contribution >= 0.6 is 15.9 Å². The fourth-order valence-electron chi connectivity index (χ4n) is 3.16. The molecule has 1 aliphatic carbocycles. The molecular formula is C16H25BrN2. The van der Waals surface area contributed by atoms with Crippen molar-refractivity contribution in [1.82, 2.24) is 10.3 Å². The van der Waals surface area contributed by atoms with Gasteiger partial charge in [-0.25, -0.2) is 0 Å². The Morgan fingerprint density at radius 3 is 2.63 bits per heavy atom. The normalized spacial score (nSPS) is 24.4. The van der Waals surface area contributed by atoms with Crippen LogP contribution in [-0.2, 0) is 6.54 Å². The first-order chi connectivity index (χ1) is 8.97. The second-order valence-electron chi connectivity index (χ2n) is 6.71. The lowest BCUT2D eigenvalue weighted by Gasteiger charge is -2.41. The topological polar surface area (TPSA) is 24.9 Å². The van der Waals surface area contributed by atoms with E-state index in [4.69, 9.17) is 0 Å². The number of halogens is 1. The van der Waals surface area contributed by atoms with Crippen LogP contribution in [0.3, 0.4) is 0 Å². The second-order valence-corrected chi connectivity index (χ2v) is 7.63. The minimum atomic E-state index is 0.394. The summed E-state index contributed by atoms with van der Waals surface area (Å²) in [6, 6.07) is 4.79. The molecule has 1 aliphatic rings. The largest absolute Gasteiger partial charge is 0.308 e. The van der Waals surface area contributed by atoms with Gasteiger partial charge in [0.1, 0.15) is 0 Å². The van der Waals surface area contributed by atoms with Crippen molar-refractivity contribution in [3.8, 4) is 0 Å². The first kappa shape index (κ1) is 15.0. The van der Waals surface area contributed by atoms with E-state index in [1.54, 1.807) is 0 Å². The van der Waals surface area contributed by atoms with Gasteiger partial charge in [0.15, 0.2) is 0 Å². The van der Waals surface area contributed by atoms with Gasteiger partial charge in [0, 0.05) is 23.3 Å². The molecule has 0 aliphatic heterocycles. The molecule has 0 radical (unpaired) electrons. The lowest BCUT2D eigenvalue weighted by molar-refractivity contribution is 0.130. The summed E-state index contributed by atoms with van der Waals surface area (Å²) in [7, 11) is 0. The van der Waals surface area contributed by atoms with E-state index in [0.717, 1.165) is 22.6 Å². The predicted octanol–water partition coefficient (Wildman–Crippen LogP) is 4.54. The van der Waals surface area contributed by atoms with Gasteiger partial charge in [-0.3, -0.25) is 4.98 Å². The monoisotopic (exact) mass is 324 g/mol. The Kier molecular flexibility index (Phi) is 5.02. The predicted molar refractivity (Wildman–Crippen MR) is 84.0 cm³/mol. The Labute approximate surface area is 125 Å². The van der Waals surface area contributed by atoms with Gasteiger partial charge in [0.2, 0.25) is 0 Å². The highest BCUT2D eigenvalue weighted by Gasteiger charge is 2.33. The summed E-state index contributed by atoms with van der Waals surface area (Å²) in [5, 5.41) is 3.74. The molecule has 0 spiro atoms. The zero-order valence-corrected chi connectivity index (χ0v) is 13.8. The molecule has 0 aromatic carbocycles. The Morgan fingerprint density at radius 2 is 2.00 bits per heavy atom. The smallest absolute Gasteiger partial charge is 0.0542 e. The zero-order chi connectivity index (χ0) is 13.9. The average Bonchev–Trinajstić information content (AvgIpc) is 2.37. The summed E-state index contributed by atoms with van der Waals surface area (Å²) in [6.45, 7) is 7.99. The third kappa shape index (κ3) is 4.28. The molecule has 2 nitrogen and oxygen atoms in total. The first-order valence-corrected chi connectivity index (χ1v) is 8.10. The summed E-state index contributed by atoms with van der Waals surface area (Å²) < 4.78 is 1.04. The fourth-order valence-corrected chi connectivity index (χ4v) is 3.39. The van der Waals surface area contributed by atoms with E-state index >= 15 is 0 Å². The number of rotatable bonds is 3. The number of hydrogen-bond donors (Lipinski definition) is 1. The van der Waals surface area contributed by atoms with Crippen molar-refractivity contribution in [1.29, 1.82) is 0 Å². The van der Waals surface area contributed by atoms with Gasteiger partial charge in [-0.2, -0.15) is 0 Å². The van der Waals surface area contributed by atoms with Crippen LogP contribution in [0.15, 0.2) is 22.8 Å². The van der Waals surface area contributed by atoms with Gasteiger partial charge in [-0.05, 0) is 52.2 Å². The second kappa shape index (κ2) is 6.36. The maximum absolute atomic E-state index is 4.44. The van der Waals surface area contributed by atoms with Crippen LogP contribution in [0, 0.1) is 11.3 Å². The van der Waals surface area contributed by atoms with Crippen molar-refractivity contribution in [2.75, 3.05) is 0 Å². The summed E-state index contributed by atoms with van der Waals surface area (Å²) in [5.41, 5.74) is 1.52. The SMILES string of the molecule is CC(C)(C)C1CCCCC1NCc1ccc(Br)cn1. The standard InChI is InChI=1S/C16H25BrN2/c1-16(2,3)14-6-4-5-7-15(14)19-11-13-9-8-12(17)10-18-13/h8-10,14-15,19H,4-7,11H2,1-3H3. The Morgan fingerprint density at radius 1 is 1.26 bits per heavy atom. The van der Waals surface area contributed by atoms with E-state index in [2.05, 4.69) is 59.1 Å². The van der Waals surface area contributed by atoms with E-state index in [-0.39, 0.29) is 0 Å². The Hall–Kier alpha value is -0.410. The van der Waals surface area contributed by atoms with Gasteiger partial charge in [0.25, 0.3) is 0 Å². The molecule has 106 valence electrons. The minimum absolute atomic E-state index is 0.394. The molecule has 0 bridgehead atoms. The van der Waals surface area contributed by atoms with Crippen LogP contribution in [0.1, 0.15) is 52.1 Å². The van der Waals surface area contributed by atoms with E-state index in [1.807, 2.05) is 6.20 Å². The van der Waals surface area contributed by atoms with E-state index in [1.165, 1.54) is 25.7 Å². The fraction of sp³-hybridized carbons (Fsp3) is 0.688. The highest BCUT2D eigenvalue weighted by molar-refractivity contribution is 9.10. The minimum Gasteiger partial charge on any atom is -0.308 e. The van der Waals surface area contributed by atoms with E-state index in [0.29, 0.717) is 11.5 Å². The van der Waals surface area contributed by atoms with Crippen LogP contribution in [0.2, 0.25) is 0 Å². The molecule has 1 aromatic rings. The van der Waals surface area contributed by atoms with Gasteiger partial charge in [-0.1, -0.05) is 33.6 Å². The van der Waals surface area contributed by atoms with Crippen molar-refractivity contribution < 1.29 is 0 Å². The Balaban J connectivity index is 1.94. The summed E-state index contributed by atoms with van der Waals surface area (Å²) >= 11 is 3.43. The summed E-state index contributed by atoms with van der Waals surface area (Å²) in [5.74, 6) is 0.775. The van der Waals surface area contributed by atoms with Gasteiger partial charge in [0.05, 0.1) is 5.69 Å². The molecular weight excluding hydrogens is 300 g/mol. The van der Waals surface area contributed by atoms with Crippen molar-refractivity contribution in [3.63, 3.8) is 0 Å². The molecule has 0 amide bonds. The Bertz CT molecular complexity index is 394. The number of hydrogen-bond acceptors (Lipinski definition) is 2. The average molecular weight is 325 g/mol. The molecule has 1 aromatic heterocycles. The van der Waals surface area contributed by atoms with Crippen molar-refractivity contribution >= 4 is 15.9 Å². The quantitative estimate of drug-likeness (QED) is 0.882. The lowest BCUT2D eigenvalue weighted by Crippen LogP contribution is -2.44. The van der Waals surface area contributed by atoms with E-state index < -0.39 is 0 Å². The molecule has 2 atom stereocenters. The molecule has 0 saturated heterocycles. The van der Waals surface area contributed by atoms with Crippen LogP contribution in [-0.4, -0.2) is 11.0 Å². The lowest BCUT2D eigenvalue weighted by atomic mass is 9.69. The molecule has 19 heavy (non-hydrogen) atoms. The van der Waals surface area contributed by atoms with Crippen LogP contribution in [0.5, 0.6) is 0 Å².